The van der Waals surface area contributed by atoms with E-state index >= 15 is 0 Å². The highest BCUT2D eigenvalue weighted by atomic mass is 16.7. The number of rotatable bonds is 52. The van der Waals surface area contributed by atoms with Crippen molar-refractivity contribution in [2.75, 3.05) is 13.2 Å². The van der Waals surface area contributed by atoms with Crippen LogP contribution in [0.3, 0.4) is 0 Å². The lowest BCUT2D eigenvalue weighted by Crippen LogP contribution is -2.61. The van der Waals surface area contributed by atoms with Gasteiger partial charge in [0.25, 0.3) is 0 Å². The summed E-state index contributed by atoms with van der Waals surface area (Å²) in [6, 6.07) is 0. The van der Waals surface area contributed by atoms with Crippen molar-refractivity contribution >= 4 is 23.9 Å². The number of aliphatic hydroxyl groups is 2. The second-order valence-corrected chi connectivity index (χ2v) is 21.0. The summed E-state index contributed by atoms with van der Waals surface area (Å²) in [6.45, 7) is 5.99. The molecule has 0 spiro atoms. The van der Waals surface area contributed by atoms with Gasteiger partial charge in [-0.2, -0.15) is 0 Å². The normalized spacial score (nSPS) is 18.4. The average Bonchev–Trinajstić information content (AvgIpc) is 3.37. The van der Waals surface area contributed by atoms with Gasteiger partial charge in [0, 0.05) is 19.3 Å². The number of carboxylic acids is 1. The molecule has 0 aliphatic carbocycles. The number of carbonyl (C=O) groups excluding carboxylic acids is 3. The van der Waals surface area contributed by atoms with E-state index in [0.29, 0.717) is 19.3 Å². The number of carbonyl (C=O) groups is 4. The minimum absolute atomic E-state index is 0.0593. The number of hydrogen-bond donors (Lipinski definition) is 3. The molecule has 3 N–H and O–H groups in total. The van der Waals surface area contributed by atoms with E-state index in [1.54, 1.807) is 0 Å². The number of aliphatic hydroxyl groups excluding tert-OH is 2. The van der Waals surface area contributed by atoms with Crippen LogP contribution in [-0.4, -0.2) is 89.2 Å². The third kappa shape index (κ3) is 40.2. The van der Waals surface area contributed by atoms with E-state index in [9.17, 15) is 34.5 Å². The van der Waals surface area contributed by atoms with Gasteiger partial charge in [-0.25, -0.2) is 4.79 Å². The van der Waals surface area contributed by atoms with Gasteiger partial charge in [-0.15, -0.1) is 0 Å². The molecule has 12 nitrogen and oxygen atoms in total. The van der Waals surface area contributed by atoms with E-state index < -0.39 is 67.3 Å². The summed E-state index contributed by atoms with van der Waals surface area (Å²) in [5.74, 6) is -3.11. The second-order valence-electron chi connectivity index (χ2n) is 21.0. The molecule has 6 atom stereocenters. The predicted molar refractivity (Wildman–Crippen MR) is 294 cm³/mol. The van der Waals surface area contributed by atoms with Crippen molar-refractivity contribution in [3.63, 3.8) is 0 Å². The summed E-state index contributed by atoms with van der Waals surface area (Å²) in [7, 11) is 0. The van der Waals surface area contributed by atoms with Crippen LogP contribution in [-0.2, 0) is 42.9 Å². The van der Waals surface area contributed by atoms with E-state index in [1.165, 1.54) is 141 Å². The largest absolute Gasteiger partial charge is 0.479 e. The van der Waals surface area contributed by atoms with Gasteiger partial charge in [0.2, 0.25) is 0 Å². The lowest BCUT2D eigenvalue weighted by Gasteiger charge is -2.40. The predicted octanol–water partition coefficient (Wildman–Crippen LogP) is 15.5. The molecule has 12 heteroatoms. The van der Waals surface area contributed by atoms with Crippen LogP contribution in [0.4, 0.5) is 0 Å². The van der Waals surface area contributed by atoms with E-state index in [4.69, 9.17) is 23.7 Å². The summed E-state index contributed by atoms with van der Waals surface area (Å²) in [5.41, 5.74) is 0. The molecular weight excluding hydrogens is 925 g/mol. The summed E-state index contributed by atoms with van der Waals surface area (Å²) in [4.78, 5) is 51.1. The lowest BCUT2D eigenvalue weighted by molar-refractivity contribution is -0.301. The smallest absolute Gasteiger partial charge is 0.335 e. The molecule has 0 saturated carbocycles. The molecule has 1 aliphatic rings. The molecule has 0 amide bonds. The first-order chi connectivity index (χ1) is 35.6. The van der Waals surface area contributed by atoms with Crippen molar-refractivity contribution in [3.8, 4) is 0 Å². The SMILES string of the molecule is CCCCCCCC/C=C\CCCCCCCCCC(=O)OC1C(OCC(COC(=O)CCCCCCC/C=C\CCCCCCCC)OC(=O)CCCCCCCCCCCCC)OC(C(=O)O)C(O)C1O. The Hall–Kier alpha value is -2.80. The van der Waals surface area contributed by atoms with Crippen LogP contribution in [0.25, 0.3) is 0 Å². The van der Waals surface area contributed by atoms with Crippen LogP contribution < -0.4 is 0 Å². The summed E-state index contributed by atoms with van der Waals surface area (Å²) in [5, 5.41) is 31.5. The summed E-state index contributed by atoms with van der Waals surface area (Å²) < 4.78 is 28.4. The molecule has 0 radical (unpaired) electrons. The van der Waals surface area contributed by atoms with Gasteiger partial charge >= 0.3 is 23.9 Å². The first-order valence-electron chi connectivity index (χ1n) is 30.3. The maximum Gasteiger partial charge on any atom is 0.335 e. The standard InChI is InChI=1S/C61H110O12/c1-4-7-10-13-16-19-22-24-26-27-29-31-34-37-40-43-46-49-55(64)72-59-57(66)56(65)58(60(67)68)73-61(59)70-51-52(71-54(63)48-45-42-39-36-32-21-18-15-12-9-6-3)50-69-53(62)47-44-41-38-35-33-30-28-25-23-20-17-14-11-8-5-2/h24-26,28,52,56-59,61,65-66H,4-23,27,29-51H2,1-3H3,(H,67,68)/b26-24-,28-25-. The number of aliphatic carboxylic acids is 1. The van der Waals surface area contributed by atoms with Crippen LogP contribution in [0, 0.1) is 0 Å². The fourth-order valence-electron chi connectivity index (χ4n) is 9.30. The average molecular weight is 1040 g/mol. The number of allylic oxidation sites excluding steroid dienone is 4. The van der Waals surface area contributed by atoms with E-state index in [-0.39, 0.29) is 25.9 Å². The van der Waals surface area contributed by atoms with Gasteiger partial charge in [0.1, 0.15) is 18.8 Å². The Labute approximate surface area is 445 Å². The number of unbranched alkanes of at least 4 members (excludes halogenated alkanes) is 34. The first kappa shape index (κ1) is 68.2. The fourth-order valence-corrected chi connectivity index (χ4v) is 9.30. The van der Waals surface area contributed by atoms with Crippen LogP contribution >= 0.6 is 0 Å². The van der Waals surface area contributed by atoms with Gasteiger partial charge < -0.3 is 39.0 Å². The Bertz CT molecular complexity index is 1370. The van der Waals surface area contributed by atoms with Gasteiger partial charge in [-0.3, -0.25) is 14.4 Å². The maximum atomic E-state index is 13.1. The highest BCUT2D eigenvalue weighted by Crippen LogP contribution is 2.27. The van der Waals surface area contributed by atoms with Crippen LogP contribution in [0.15, 0.2) is 24.3 Å². The van der Waals surface area contributed by atoms with Crippen LogP contribution in [0.2, 0.25) is 0 Å². The lowest BCUT2D eigenvalue weighted by atomic mass is 9.98. The zero-order valence-corrected chi connectivity index (χ0v) is 46.9. The van der Waals surface area contributed by atoms with Crippen molar-refractivity contribution in [3.05, 3.63) is 24.3 Å². The van der Waals surface area contributed by atoms with Crippen LogP contribution in [0.5, 0.6) is 0 Å². The third-order valence-corrected chi connectivity index (χ3v) is 14.0. The minimum Gasteiger partial charge on any atom is -0.479 e. The molecule has 0 aromatic carbocycles. The van der Waals surface area contributed by atoms with Gasteiger partial charge in [0.15, 0.2) is 24.6 Å². The maximum absolute atomic E-state index is 13.1. The molecule has 1 heterocycles. The molecule has 1 rings (SSSR count). The highest BCUT2D eigenvalue weighted by molar-refractivity contribution is 5.74. The molecular formula is C61H110O12. The molecule has 0 bridgehead atoms. The topological polar surface area (TPSA) is 175 Å². The number of hydrogen-bond acceptors (Lipinski definition) is 11. The monoisotopic (exact) mass is 1030 g/mol. The number of ether oxygens (including phenoxy) is 5. The minimum atomic E-state index is -1.90. The molecule has 6 unspecified atom stereocenters. The quantitative estimate of drug-likeness (QED) is 0.0228. The van der Waals surface area contributed by atoms with Gasteiger partial charge in [-0.05, 0) is 70.6 Å². The van der Waals surface area contributed by atoms with Crippen molar-refractivity contribution in [1.29, 1.82) is 0 Å². The Morgan fingerprint density at radius 1 is 0.438 bits per heavy atom. The Kier molecular flexibility index (Phi) is 46.8. The van der Waals surface area contributed by atoms with Gasteiger partial charge in [-0.1, -0.05) is 225 Å². The zero-order chi connectivity index (χ0) is 53.3. The molecule has 1 aliphatic heterocycles. The van der Waals surface area contributed by atoms with E-state index in [1.807, 2.05) is 0 Å². The molecule has 1 fully saturated rings. The fraction of sp³-hybridized carbons (Fsp3) is 0.869. The molecule has 0 aromatic rings. The Morgan fingerprint density at radius 3 is 1.16 bits per heavy atom. The van der Waals surface area contributed by atoms with Gasteiger partial charge in [0.05, 0.1) is 6.61 Å². The molecule has 73 heavy (non-hydrogen) atoms. The zero-order valence-electron chi connectivity index (χ0n) is 46.9. The van der Waals surface area contributed by atoms with E-state index in [2.05, 4.69) is 45.1 Å². The Morgan fingerprint density at radius 2 is 0.781 bits per heavy atom. The third-order valence-electron chi connectivity index (χ3n) is 14.0. The molecule has 426 valence electrons. The van der Waals surface area contributed by atoms with Crippen LogP contribution in [0.1, 0.15) is 290 Å². The van der Waals surface area contributed by atoms with Crippen molar-refractivity contribution in [2.45, 2.75) is 327 Å². The van der Waals surface area contributed by atoms with Crippen molar-refractivity contribution < 1.29 is 58.2 Å². The molecule has 0 aromatic heterocycles. The second kappa shape index (κ2) is 50.0. The number of carboxylic acid groups (broad SMARTS) is 1. The highest BCUT2D eigenvalue weighted by Gasteiger charge is 2.50. The summed E-state index contributed by atoms with van der Waals surface area (Å²) in [6.07, 6.45) is 44.3. The summed E-state index contributed by atoms with van der Waals surface area (Å²) >= 11 is 0. The van der Waals surface area contributed by atoms with E-state index in [0.717, 1.165) is 89.9 Å². The Balaban J connectivity index is 2.66. The van der Waals surface area contributed by atoms with Crippen molar-refractivity contribution in [1.82, 2.24) is 0 Å². The molecule has 1 saturated heterocycles. The first-order valence-corrected chi connectivity index (χ1v) is 30.3. The number of esters is 3. The van der Waals surface area contributed by atoms with Crippen molar-refractivity contribution in [2.24, 2.45) is 0 Å².